The predicted octanol–water partition coefficient (Wildman–Crippen LogP) is 1.52. The van der Waals surface area contributed by atoms with Crippen molar-refractivity contribution in [1.29, 1.82) is 0 Å². The Kier molecular flexibility index (Phi) is 2.77. The molecule has 0 amide bonds. The molecule has 98 valence electrons. The molecule has 18 heavy (non-hydrogen) atoms. The molecule has 3 rings (SSSR count). The van der Waals surface area contributed by atoms with Crippen LogP contribution in [0.4, 0.5) is 5.95 Å². The molecule has 1 aromatic heterocycles. The molecular weight excluding hydrogens is 224 g/mol. The van der Waals surface area contributed by atoms with Crippen LogP contribution in [0.2, 0.25) is 0 Å². The molecule has 1 saturated heterocycles. The second kappa shape index (κ2) is 4.19. The van der Waals surface area contributed by atoms with E-state index in [4.69, 9.17) is 4.98 Å². The molecule has 4 nitrogen and oxygen atoms in total. The van der Waals surface area contributed by atoms with Crippen molar-refractivity contribution in [1.82, 2.24) is 14.9 Å². The first kappa shape index (κ1) is 11.9. The van der Waals surface area contributed by atoms with Crippen LogP contribution >= 0.6 is 0 Å². The monoisotopic (exact) mass is 246 g/mol. The molecule has 2 atom stereocenters. The topological polar surface area (TPSA) is 32.3 Å². The van der Waals surface area contributed by atoms with Gasteiger partial charge < -0.3 is 9.80 Å². The lowest BCUT2D eigenvalue weighted by molar-refractivity contribution is 0.262. The Morgan fingerprint density at radius 1 is 1.33 bits per heavy atom. The van der Waals surface area contributed by atoms with E-state index in [9.17, 15) is 0 Å². The second-order valence-electron chi connectivity index (χ2n) is 6.08. The Morgan fingerprint density at radius 3 is 2.78 bits per heavy atom. The summed E-state index contributed by atoms with van der Waals surface area (Å²) in [5.41, 5.74) is 2.68. The van der Waals surface area contributed by atoms with Crippen molar-refractivity contribution >= 4 is 5.95 Å². The minimum atomic E-state index is 0.654. The summed E-state index contributed by atoms with van der Waals surface area (Å²) in [5, 5.41) is 0. The van der Waals surface area contributed by atoms with E-state index in [2.05, 4.69) is 29.9 Å². The van der Waals surface area contributed by atoms with Crippen LogP contribution in [0.5, 0.6) is 0 Å². The van der Waals surface area contributed by atoms with Crippen molar-refractivity contribution in [3.05, 3.63) is 17.5 Å². The summed E-state index contributed by atoms with van der Waals surface area (Å²) in [4.78, 5) is 13.7. The van der Waals surface area contributed by atoms with Crippen LogP contribution in [-0.2, 0) is 6.42 Å². The molecule has 1 aliphatic carbocycles. The fourth-order valence-electron chi connectivity index (χ4n) is 3.24. The average molecular weight is 246 g/mol. The SMILES string of the molecule is CC(C)N1CC2Cc3nc(N(C)C)ncc3C2C1. The fourth-order valence-corrected chi connectivity index (χ4v) is 3.24. The van der Waals surface area contributed by atoms with Crippen LogP contribution in [-0.4, -0.2) is 48.1 Å². The largest absolute Gasteiger partial charge is 0.347 e. The van der Waals surface area contributed by atoms with Gasteiger partial charge in [-0.1, -0.05) is 0 Å². The molecule has 0 saturated carbocycles. The van der Waals surface area contributed by atoms with E-state index in [1.807, 2.05) is 19.0 Å². The van der Waals surface area contributed by atoms with Gasteiger partial charge >= 0.3 is 0 Å². The lowest BCUT2D eigenvalue weighted by atomic mass is 9.98. The Balaban J connectivity index is 1.86. The van der Waals surface area contributed by atoms with Gasteiger partial charge in [-0.25, -0.2) is 9.97 Å². The third-order valence-electron chi connectivity index (χ3n) is 4.34. The minimum absolute atomic E-state index is 0.654. The zero-order valence-electron chi connectivity index (χ0n) is 11.7. The molecule has 2 unspecified atom stereocenters. The highest BCUT2D eigenvalue weighted by Crippen LogP contribution is 2.42. The van der Waals surface area contributed by atoms with Gasteiger partial charge in [0, 0.05) is 51.0 Å². The van der Waals surface area contributed by atoms with Gasteiger partial charge in [0.1, 0.15) is 0 Å². The molecule has 0 aromatic carbocycles. The number of nitrogens with zero attached hydrogens (tertiary/aromatic N) is 4. The van der Waals surface area contributed by atoms with Gasteiger partial charge in [-0.3, -0.25) is 0 Å². The first-order chi connectivity index (χ1) is 8.56. The van der Waals surface area contributed by atoms with Gasteiger partial charge in [0.15, 0.2) is 0 Å². The van der Waals surface area contributed by atoms with Crippen LogP contribution in [0.25, 0.3) is 0 Å². The molecule has 1 aromatic rings. The number of likely N-dealkylation sites (tertiary alicyclic amines) is 1. The highest BCUT2D eigenvalue weighted by atomic mass is 15.2. The van der Waals surface area contributed by atoms with E-state index in [1.54, 1.807) is 0 Å². The van der Waals surface area contributed by atoms with Crippen molar-refractivity contribution in [2.24, 2.45) is 5.92 Å². The number of hydrogen-bond donors (Lipinski definition) is 0. The Hall–Kier alpha value is -1.16. The van der Waals surface area contributed by atoms with Gasteiger partial charge in [0.2, 0.25) is 5.95 Å². The number of fused-ring (bicyclic) bond motifs is 3. The summed E-state index contributed by atoms with van der Waals surface area (Å²) in [6, 6.07) is 0.654. The van der Waals surface area contributed by atoms with E-state index in [0.29, 0.717) is 12.0 Å². The summed E-state index contributed by atoms with van der Waals surface area (Å²) < 4.78 is 0. The number of rotatable bonds is 2. The van der Waals surface area contributed by atoms with Crippen LogP contribution < -0.4 is 4.90 Å². The summed E-state index contributed by atoms with van der Waals surface area (Å²) >= 11 is 0. The van der Waals surface area contributed by atoms with E-state index >= 15 is 0 Å². The minimum Gasteiger partial charge on any atom is -0.347 e. The van der Waals surface area contributed by atoms with E-state index in [-0.39, 0.29) is 0 Å². The first-order valence-corrected chi connectivity index (χ1v) is 6.83. The number of hydrogen-bond acceptors (Lipinski definition) is 4. The Bertz CT molecular complexity index is 455. The third-order valence-corrected chi connectivity index (χ3v) is 4.34. The summed E-state index contributed by atoms with van der Waals surface area (Å²) in [6.07, 6.45) is 3.19. The second-order valence-corrected chi connectivity index (χ2v) is 6.08. The number of anilines is 1. The average Bonchev–Trinajstić information content (AvgIpc) is 2.84. The van der Waals surface area contributed by atoms with Crippen LogP contribution in [0.15, 0.2) is 6.20 Å². The van der Waals surface area contributed by atoms with Crippen molar-refractivity contribution in [3.63, 3.8) is 0 Å². The van der Waals surface area contributed by atoms with Crippen molar-refractivity contribution in [2.75, 3.05) is 32.1 Å². The van der Waals surface area contributed by atoms with Crippen LogP contribution in [0.1, 0.15) is 31.0 Å². The quantitative estimate of drug-likeness (QED) is 0.792. The molecular formula is C14H22N4. The zero-order valence-corrected chi connectivity index (χ0v) is 11.7. The Labute approximate surface area is 109 Å². The molecule has 0 radical (unpaired) electrons. The van der Waals surface area contributed by atoms with Gasteiger partial charge in [0.05, 0.1) is 0 Å². The molecule has 0 spiro atoms. The van der Waals surface area contributed by atoms with Gasteiger partial charge in [0.25, 0.3) is 0 Å². The molecule has 1 aliphatic heterocycles. The number of aromatic nitrogens is 2. The molecule has 0 bridgehead atoms. The lowest BCUT2D eigenvalue weighted by Gasteiger charge is -2.21. The lowest BCUT2D eigenvalue weighted by Crippen LogP contribution is -2.29. The standard InChI is InChI=1S/C14H22N4/c1-9(2)18-7-10-5-13-11(12(10)8-18)6-15-14(16-13)17(3)4/h6,9-10,12H,5,7-8H2,1-4H3. The first-order valence-electron chi connectivity index (χ1n) is 6.83. The van der Waals surface area contributed by atoms with Crippen molar-refractivity contribution < 1.29 is 0 Å². The third kappa shape index (κ3) is 1.79. The van der Waals surface area contributed by atoms with Crippen LogP contribution in [0.3, 0.4) is 0 Å². The summed E-state index contributed by atoms with van der Waals surface area (Å²) in [5.74, 6) is 2.27. The predicted molar refractivity (Wildman–Crippen MR) is 73.0 cm³/mol. The van der Waals surface area contributed by atoms with Crippen molar-refractivity contribution in [3.8, 4) is 0 Å². The molecule has 4 heteroatoms. The maximum atomic E-state index is 4.70. The van der Waals surface area contributed by atoms with Crippen molar-refractivity contribution in [2.45, 2.75) is 32.2 Å². The van der Waals surface area contributed by atoms with E-state index in [1.165, 1.54) is 24.3 Å². The fraction of sp³-hybridized carbons (Fsp3) is 0.714. The summed E-state index contributed by atoms with van der Waals surface area (Å²) in [7, 11) is 4.00. The molecule has 2 aliphatic rings. The zero-order chi connectivity index (χ0) is 12.9. The highest BCUT2D eigenvalue weighted by molar-refractivity contribution is 5.37. The molecule has 2 heterocycles. The van der Waals surface area contributed by atoms with Gasteiger partial charge in [-0.05, 0) is 31.7 Å². The smallest absolute Gasteiger partial charge is 0.224 e. The van der Waals surface area contributed by atoms with E-state index in [0.717, 1.165) is 18.3 Å². The van der Waals surface area contributed by atoms with Crippen LogP contribution in [0, 0.1) is 5.92 Å². The summed E-state index contributed by atoms with van der Waals surface area (Å²) in [6.45, 7) is 6.97. The Morgan fingerprint density at radius 2 is 2.11 bits per heavy atom. The molecule has 0 N–H and O–H groups in total. The van der Waals surface area contributed by atoms with Gasteiger partial charge in [-0.15, -0.1) is 0 Å². The normalized spacial score (nSPS) is 26.5. The van der Waals surface area contributed by atoms with E-state index < -0.39 is 0 Å². The maximum absolute atomic E-state index is 4.70. The highest BCUT2D eigenvalue weighted by Gasteiger charge is 2.41. The maximum Gasteiger partial charge on any atom is 0.224 e. The van der Waals surface area contributed by atoms with Gasteiger partial charge in [-0.2, -0.15) is 0 Å². The molecule has 1 fully saturated rings.